The van der Waals surface area contributed by atoms with Crippen molar-refractivity contribution >= 4 is 28.5 Å². The third-order valence-corrected chi connectivity index (χ3v) is 5.60. The molecular formula is C21H23N7O2. The lowest BCUT2D eigenvalue weighted by Crippen LogP contribution is -2.59. The Hall–Kier alpha value is -3.62. The summed E-state index contributed by atoms with van der Waals surface area (Å²) in [6, 6.07) is 4.19. The molecule has 3 N–H and O–H groups in total. The molecule has 9 nitrogen and oxygen atoms in total. The molecule has 0 saturated heterocycles. The molecule has 4 heterocycles. The molecule has 9 heteroatoms. The second-order valence-corrected chi connectivity index (χ2v) is 8.08. The molecule has 154 valence electrons. The molecule has 0 aromatic carbocycles. The van der Waals surface area contributed by atoms with Crippen LogP contribution in [0.5, 0.6) is 5.88 Å². The van der Waals surface area contributed by atoms with E-state index >= 15 is 0 Å². The molecular weight excluding hydrogens is 382 g/mol. The van der Waals surface area contributed by atoms with Crippen LogP contribution in [-0.4, -0.2) is 48.9 Å². The third kappa shape index (κ3) is 3.12. The lowest BCUT2D eigenvalue weighted by atomic mass is 9.74. The number of pyridine rings is 1. The van der Waals surface area contributed by atoms with E-state index in [1.165, 1.54) is 0 Å². The summed E-state index contributed by atoms with van der Waals surface area (Å²) >= 11 is 0. The van der Waals surface area contributed by atoms with Gasteiger partial charge in [-0.25, -0.2) is 4.98 Å². The minimum Gasteiger partial charge on any atom is -0.480 e. The standard InChI is InChI=1S/C21H23N7O2/c1-12(29)27-21(2)8-14(9-21)24-20-25-18-17(19(26-20)30-3)15(10-23-18)13-4-5-16-22-6-7-28(16)11-13/h4-7,10-11,14H,8-9H2,1-3H3,(H,27,29)(H2,23,24,25,26). The van der Waals surface area contributed by atoms with Gasteiger partial charge in [0.25, 0.3) is 0 Å². The van der Waals surface area contributed by atoms with Gasteiger partial charge in [-0.2, -0.15) is 9.97 Å². The zero-order valence-electron chi connectivity index (χ0n) is 17.1. The highest BCUT2D eigenvalue weighted by molar-refractivity contribution is 5.97. The first-order valence-electron chi connectivity index (χ1n) is 9.86. The second kappa shape index (κ2) is 6.72. The molecule has 0 atom stereocenters. The van der Waals surface area contributed by atoms with Gasteiger partial charge in [-0.1, -0.05) is 0 Å². The van der Waals surface area contributed by atoms with E-state index in [0.29, 0.717) is 17.5 Å². The van der Waals surface area contributed by atoms with Crippen LogP contribution in [0.4, 0.5) is 5.95 Å². The average molecular weight is 405 g/mol. The van der Waals surface area contributed by atoms with E-state index < -0.39 is 0 Å². The molecule has 1 aliphatic carbocycles. The Morgan fingerprint density at radius 3 is 2.93 bits per heavy atom. The summed E-state index contributed by atoms with van der Waals surface area (Å²) in [5.41, 5.74) is 3.39. The quantitative estimate of drug-likeness (QED) is 0.471. The summed E-state index contributed by atoms with van der Waals surface area (Å²) in [4.78, 5) is 28.1. The smallest absolute Gasteiger partial charge is 0.228 e. The Balaban J connectivity index is 1.44. The number of H-pyrrole nitrogens is 1. The third-order valence-electron chi connectivity index (χ3n) is 5.60. The van der Waals surface area contributed by atoms with Gasteiger partial charge in [0.1, 0.15) is 11.3 Å². The molecule has 0 aliphatic heterocycles. The van der Waals surface area contributed by atoms with E-state index in [-0.39, 0.29) is 17.5 Å². The number of nitrogens with zero attached hydrogens (tertiary/aromatic N) is 4. The molecule has 0 unspecified atom stereocenters. The van der Waals surface area contributed by atoms with Crippen LogP contribution in [0.25, 0.3) is 27.8 Å². The summed E-state index contributed by atoms with van der Waals surface area (Å²) in [7, 11) is 1.61. The van der Waals surface area contributed by atoms with Crippen molar-refractivity contribution in [3.8, 4) is 17.0 Å². The Kier molecular flexibility index (Phi) is 4.12. The largest absolute Gasteiger partial charge is 0.480 e. The molecule has 30 heavy (non-hydrogen) atoms. The van der Waals surface area contributed by atoms with E-state index in [9.17, 15) is 4.79 Å². The fourth-order valence-corrected chi connectivity index (χ4v) is 4.36. The van der Waals surface area contributed by atoms with Crippen LogP contribution in [0, 0.1) is 0 Å². The van der Waals surface area contributed by atoms with Crippen molar-refractivity contribution in [2.24, 2.45) is 0 Å². The van der Waals surface area contributed by atoms with E-state index in [0.717, 1.165) is 35.0 Å². The van der Waals surface area contributed by atoms with Crippen LogP contribution in [0.15, 0.2) is 36.9 Å². The van der Waals surface area contributed by atoms with Crippen molar-refractivity contribution < 1.29 is 9.53 Å². The number of amides is 1. The van der Waals surface area contributed by atoms with Crippen molar-refractivity contribution in [1.29, 1.82) is 0 Å². The number of hydrogen-bond acceptors (Lipinski definition) is 6. The first-order valence-corrected chi connectivity index (χ1v) is 9.86. The highest BCUT2D eigenvalue weighted by atomic mass is 16.5. The summed E-state index contributed by atoms with van der Waals surface area (Å²) < 4.78 is 7.57. The number of carbonyl (C=O) groups excluding carboxylic acids is 1. The van der Waals surface area contributed by atoms with E-state index in [1.54, 1.807) is 20.2 Å². The van der Waals surface area contributed by atoms with Crippen molar-refractivity contribution in [2.45, 2.75) is 38.3 Å². The molecule has 4 aromatic heterocycles. The maximum Gasteiger partial charge on any atom is 0.228 e. The number of methoxy groups -OCH3 is 1. The van der Waals surface area contributed by atoms with E-state index in [4.69, 9.17) is 4.74 Å². The number of rotatable bonds is 5. The van der Waals surface area contributed by atoms with Gasteiger partial charge >= 0.3 is 0 Å². The van der Waals surface area contributed by atoms with Crippen LogP contribution in [-0.2, 0) is 4.79 Å². The minimum atomic E-state index is -0.177. The molecule has 1 fully saturated rings. The molecule has 5 rings (SSSR count). The molecule has 1 amide bonds. The number of aromatic nitrogens is 5. The van der Waals surface area contributed by atoms with Gasteiger partial charge < -0.3 is 24.8 Å². The fourth-order valence-electron chi connectivity index (χ4n) is 4.36. The first-order chi connectivity index (χ1) is 14.4. The average Bonchev–Trinajstić information content (AvgIpc) is 3.31. The zero-order valence-corrected chi connectivity index (χ0v) is 17.1. The summed E-state index contributed by atoms with van der Waals surface area (Å²) in [5.74, 6) is 1.00. The Labute approximate surface area is 172 Å². The van der Waals surface area contributed by atoms with Crippen LogP contribution < -0.4 is 15.4 Å². The predicted molar refractivity (Wildman–Crippen MR) is 113 cm³/mol. The monoisotopic (exact) mass is 405 g/mol. The number of anilines is 1. The van der Waals surface area contributed by atoms with Gasteiger partial charge in [0.05, 0.1) is 12.5 Å². The SMILES string of the molecule is COc1nc(NC2CC(C)(NC(C)=O)C2)nc2[nH]cc(-c3ccc4nccn4c3)c12. The lowest BCUT2D eigenvalue weighted by molar-refractivity contribution is -0.121. The number of carbonyl (C=O) groups is 1. The van der Waals surface area contributed by atoms with Crippen molar-refractivity contribution in [3.05, 3.63) is 36.9 Å². The minimum absolute atomic E-state index is 0.0110. The normalized spacial score (nSPS) is 20.8. The van der Waals surface area contributed by atoms with Gasteiger partial charge in [0, 0.05) is 54.4 Å². The van der Waals surface area contributed by atoms with Gasteiger partial charge in [0.15, 0.2) is 0 Å². The highest BCUT2D eigenvalue weighted by Crippen LogP contribution is 2.36. The molecule has 0 bridgehead atoms. The zero-order chi connectivity index (χ0) is 20.9. The Morgan fingerprint density at radius 2 is 2.17 bits per heavy atom. The highest BCUT2D eigenvalue weighted by Gasteiger charge is 2.41. The van der Waals surface area contributed by atoms with E-state index in [2.05, 4.69) is 30.6 Å². The van der Waals surface area contributed by atoms with Crippen LogP contribution in [0.3, 0.4) is 0 Å². The van der Waals surface area contributed by atoms with Gasteiger partial charge in [0.2, 0.25) is 17.7 Å². The molecule has 0 radical (unpaired) electrons. The number of nitrogens with one attached hydrogen (secondary N) is 3. The first kappa shape index (κ1) is 18.4. The van der Waals surface area contributed by atoms with Gasteiger partial charge in [-0.15, -0.1) is 0 Å². The van der Waals surface area contributed by atoms with Crippen molar-refractivity contribution in [3.63, 3.8) is 0 Å². The summed E-state index contributed by atoms with van der Waals surface area (Å²) in [5, 5.41) is 7.19. The topological polar surface area (TPSA) is 109 Å². The van der Waals surface area contributed by atoms with Crippen LogP contribution in [0.1, 0.15) is 26.7 Å². The number of imidazole rings is 1. The van der Waals surface area contributed by atoms with Gasteiger partial charge in [-0.05, 0) is 31.9 Å². The molecule has 4 aromatic rings. The summed E-state index contributed by atoms with van der Waals surface area (Å²) in [6.45, 7) is 3.59. The lowest BCUT2D eigenvalue weighted by Gasteiger charge is -2.45. The maximum absolute atomic E-state index is 11.3. The molecule has 1 saturated carbocycles. The fraction of sp³-hybridized carbons (Fsp3) is 0.333. The number of aromatic amines is 1. The van der Waals surface area contributed by atoms with Crippen molar-refractivity contribution in [1.82, 2.24) is 29.7 Å². The second-order valence-electron chi connectivity index (χ2n) is 8.08. The van der Waals surface area contributed by atoms with E-state index in [1.807, 2.05) is 42.0 Å². The van der Waals surface area contributed by atoms with Gasteiger partial charge in [-0.3, -0.25) is 4.79 Å². The summed E-state index contributed by atoms with van der Waals surface area (Å²) in [6.07, 6.45) is 9.26. The number of hydrogen-bond donors (Lipinski definition) is 3. The number of fused-ring (bicyclic) bond motifs is 2. The Morgan fingerprint density at radius 1 is 1.33 bits per heavy atom. The molecule has 0 spiro atoms. The predicted octanol–water partition coefficient (Wildman–Crippen LogP) is 2.75. The van der Waals surface area contributed by atoms with Crippen LogP contribution in [0.2, 0.25) is 0 Å². The Bertz CT molecular complexity index is 1250. The van der Waals surface area contributed by atoms with Crippen LogP contribution >= 0.6 is 0 Å². The molecule has 1 aliphatic rings. The maximum atomic E-state index is 11.3. The number of ether oxygens (including phenoxy) is 1. The van der Waals surface area contributed by atoms with Crippen molar-refractivity contribution in [2.75, 3.05) is 12.4 Å².